The number of amides is 2. The van der Waals surface area contributed by atoms with Crippen LogP contribution >= 0.6 is 0 Å². The lowest BCUT2D eigenvalue weighted by molar-refractivity contribution is -0.121. The van der Waals surface area contributed by atoms with E-state index in [1.165, 1.54) is 9.87 Å². The van der Waals surface area contributed by atoms with Gasteiger partial charge in [-0.3, -0.25) is 9.59 Å². The summed E-state index contributed by atoms with van der Waals surface area (Å²) in [5, 5.41) is 2.95. The lowest BCUT2D eigenvalue weighted by Gasteiger charge is -2.31. The van der Waals surface area contributed by atoms with Crippen LogP contribution in [0.4, 0.5) is 11.4 Å². The van der Waals surface area contributed by atoms with Crippen LogP contribution in [-0.4, -0.2) is 44.2 Å². The fourth-order valence-corrected chi connectivity index (χ4v) is 6.79. The van der Waals surface area contributed by atoms with E-state index in [4.69, 9.17) is 0 Å². The number of benzene rings is 2. The standard InChI is InChI=1S/C26H31N3O4S/c30-25-6-3-15-29(25)23-10-8-22(9-11-23)27-26(31)20-13-16-28(17-14-20)34(32,33)24-12-7-19-4-1-2-5-21(19)18-24/h7-12,18,20H,1-6,13-17H2,(H,27,31). The smallest absolute Gasteiger partial charge is 0.243 e. The first-order chi connectivity index (χ1) is 16.4. The zero-order chi connectivity index (χ0) is 23.7. The Morgan fingerprint density at radius 1 is 0.853 bits per heavy atom. The van der Waals surface area contributed by atoms with Gasteiger partial charge in [0.2, 0.25) is 21.8 Å². The van der Waals surface area contributed by atoms with Crippen molar-refractivity contribution in [3.63, 3.8) is 0 Å². The molecule has 180 valence electrons. The van der Waals surface area contributed by atoms with E-state index in [1.807, 2.05) is 36.4 Å². The average Bonchev–Trinajstić information content (AvgIpc) is 3.30. The van der Waals surface area contributed by atoms with Gasteiger partial charge in [-0.1, -0.05) is 6.07 Å². The van der Waals surface area contributed by atoms with E-state index in [1.54, 1.807) is 11.0 Å². The summed E-state index contributed by atoms with van der Waals surface area (Å²) in [6, 6.07) is 12.9. The van der Waals surface area contributed by atoms with Gasteiger partial charge in [0.25, 0.3) is 0 Å². The predicted octanol–water partition coefficient (Wildman–Crippen LogP) is 3.73. The molecule has 8 heteroatoms. The van der Waals surface area contributed by atoms with Gasteiger partial charge in [0.15, 0.2) is 0 Å². The summed E-state index contributed by atoms with van der Waals surface area (Å²) in [5.41, 5.74) is 3.95. The van der Waals surface area contributed by atoms with Crippen molar-refractivity contribution < 1.29 is 18.0 Å². The molecule has 3 aliphatic rings. The van der Waals surface area contributed by atoms with Crippen LogP contribution in [0, 0.1) is 5.92 Å². The first-order valence-corrected chi connectivity index (χ1v) is 13.7. The minimum Gasteiger partial charge on any atom is -0.326 e. The molecule has 2 fully saturated rings. The Bertz CT molecular complexity index is 1190. The second-order valence-electron chi connectivity index (χ2n) is 9.50. The molecule has 34 heavy (non-hydrogen) atoms. The van der Waals surface area contributed by atoms with Crippen LogP contribution in [0.3, 0.4) is 0 Å². The minimum absolute atomic E-state index is 0.0872. The molecule has 0 bridgehead atoms. The number of rotatable bonds is 5. The third-order valence-corrected chi connectivity index (χ3v) is 9.20. The number of hydrogen-bond acceptors (Lipinski definition) is 4. The van der Waals surface area contributed by atoms with Crippen LogP contribution in [-0.2, 0) is 32.5 Å². The SMILES string of the molecule is O=C(Nc1ccc(N2CCCC2=O)cc1)C1CCN(S(=O)(=O)c2ccc3c(c2)CCCC3)CC1. The van der Waals surface area contributed by atoms with Crippen molar-refractivity contribution in [2.45, 2.75) is 56.3 Å². The Morgan fingerprint density at radius 3 is 2.24 bits per heavy atom. The van der Waals surface area contributed by atoms with Crippen LogP contribution in [0.15, 0.2) is 47.4 Å². The molecule has 2 saturated heterocycles. The molecule has 2 amide bonds. The normalized spacial score (nSPS) is 19.8. The summed E-state index contributed by atoms with van der Waals surface area (Å²) < 4.78 is 27.9. The summed E-state index contributed by atoms with van der Waals surface area (Å²) in [4.78, 5) is 26.8. The molecule has 7 nitrogen and oxygen atoms in total. The van der Waals surface area contributed by atoms with Crippen molar-refractivity contribution in [1.82, 2.24) is 4.31 Å². The van der Waals surface area contributed by atoms with Gasteiger partial charge >= 0.3 is 0 Å². The van der Waals surface area contributed by atoms with Crippen LogP contribution < -0.4 is 10.2 Å². The molecule has 1 N–H and O–H groups in total. The van der Waals surface area contributed by atoms with Gasteiger partial charge < -0.3 is 10.2 Å². The van der Waals surface area contributed by atoms with Crippen LogP contribution in [0.2, 0.25) is 0 Å². The zero-order valence-corrected chi connectivity index (χ0v) is 20.1. The number of anilines is 2. The van der Waals surface area contributed by atoms with E-state index in [0.717, 1.165) is 49.9 Å². The highest BCUT2D eigenvalue weighted by Gasteiger charge is 2.32. The van der Waals surface area contributed by atoms with Gasteiger partial charge in [-0.25, -0.2) is 8.42 Å². The highest BCUT2D eigenvalue weighted by Crippen LogP contribution is 2.29. The molecule has 0 radical (unpaired) electrons. The second-order valence-corrected chi connectivity index (χ2v) is 11.4. The molecule has 0 unspecified atom stereocenters. The highest BCUT2D eigenvalue weighted by molar-refractivity contribution is 7.89. The molecule has 2 aliphatic heterocycles. The lowest BCUT2D eigenvalue weighted by Crippen LogP contribution is -2.41. The number of nitrogens with one attached hydrogen (secondary N) is 1. The molecule has 5 rings (SSSR count). The number of sulfonamides is 1. The van der Waals surface area contributed by atoms with Gasteiger partial charge in [-0.05, 0) is 92.5 Å². The molecule has 0 atom stereocenters. The number of carbonyl (C=O) groups excluding carboxylic acids is 2. The fraction of sp³-hybridized carbons (Fsp3) is 0.462. The number of carbonyl (C=O) groups is 2. The third-order valence-electron chi connectivity index (χ3n) is 7.30. The van der Waals surface area contributed by atoms with Gasteiger partial charge in [0.05, 0.1) is 4.90 Å². The molecule has 1 aliphatic carbocycles. The second kappa shape index (κ2) is 9.50. The largest absolute Gasteiger partial charge is 0.326 e. The van der Waals surface area contributed by atoms with E-state index in [9.17, 15) is 18.0 Å². The van der Waals surface area contributed by atoms with Gasteiger partial charge in [0, 0.05) is 43.3 Å². The minimum atomic E-state index is -3.55. The van der Waals surface area contributed by atoms with Gasteiger partial charge in [0.1, 0.15) is 0 Å². The molecule has 2 aromatic rings. The highest BCUT2D eigenvalue weighted by atomic mass is 32.2. The Balaban J connectivity index is 1.18. The molecular formula is C26H31N3O4S. The van der Waals surface area contributed by atoms with Crippen molar-refractivity contribution in [3.8, 4) is 0 Å². The summed E-state index contributed by atoms with van der Waals surface area (Å²) in [7, 11) is -3.55. The Kier molecular flexibility index (Phi) is 6.44. The summed E-state index contributed by atoms with van der Waals surface area (Å²) >= 11 is 0. The monoisotopic (exact) mass is 481 g/mol. The Morgan fingerprint density at radius 2 is 1.56 bits per heavy atom. The number of nitrogens with zero attached hydrogens (tertiary/aromatic N) is 2. The Labute approximate surface area is 201 Å². The first kappa shape index (κ1) is 23.1. The zero-order valence-electron chi connectivity index (χ0n) is 19.3. The topological polar surface area (TPSA) is 86.8 Å². The first-order valence-electron chi connectivity index (χ1n) is 12.2. The van der Waals surface area contributed by atoms with E-state index in [-0.39, 0.29) is 17.7 Å². The maximum absolute atomic E-state index is 13.2. The lowest BCUT2D eigenvalue weighted by atomic mass is 9.92. The van der Waals surface area contributed by atoms with E-state index in [2.05, 4.69) is 5.32 Å². The summed E-state index contributed by atoms with van der Waals surface area (Å²) in [5.74, 6) is -0.181. The third kappa shape index (κ3) is 4.61. The van der Waals surface area contributed by atoms with Crippen LogP contribution in [0.5, 0.6) is 0 Å². The number of hydrogen-bond donors (Lipinski definition) is 1. The molecule has 0 aromatic heterocycles. The molecular weight excluding hydrogens is 450 g/mol. The molecule has 2 aromatic carbocycles. The van der Waals surface area contributed by atoms with Crippen molar-refractivity contribution in [2.24, 2.45) is 5.92 Å². The number of fused-ring (bicyclic) bond motifs is 1. The van der Waals surface area contributed by atoms with Crippen LogP contribution in [0.1, 0.15) is 49.7 Å². The summed E-state index contributed by atoms with van der Waals surface area (Å²) in [6.07, 6.45) is 6.68. The van der Waals surface area contributed by atoms with Crippen molar-refractivity contribution in [2.75, 3.05) is 29.9 Å². The maximum atomic E-state index is 13.2. The van der Waals surface area contributed by atoms with Crippen molar-refractivity contribution in [1.29, 1.82) is 0 Å². The van der Waals surface area contributed by atoms with E-state index >= 15 is 0 Å². The molecule has 0 spiro atoms. The quantitative estimate of drug-likeness (QED) is 0.705. The number of piperidine rings is 1. The van der Waals surface area contributed by atoms with E-state index < -0.39 is 10.0 Å². The van der Waals surface area contributed by atoms with Crippen molar-refractivity contribution in [3.05, 3.63) is 53.6 Å². The van der Waals surface area contributed by atoms with Crippen molar-refractivity contribution >= 4 is 33.2 Å². The molecule has 0 saturated carbocycles. The molecule has 2 heterocycles. The summed E-state index contributed by atoms with van der Waals surface area (Å²) in [6.45, 7) is 1.42. The number of aryl methyl sites for hydroxylation is 2. The van der Waals surface area contributed by atoms with E-state index in [0.29, 0.717) is 42.9 Å². The van der Waals surface area contributed by atoms with Gasteiger partial charge in [-0.2, -0.15) is 4.31 Å². The van der Waals surface area contributed by atoms with Crippen LogP contribution in [0.25, 0.3) is 0 Å². The fourth-order valence-electron chi connectivity index (χ4n) is 5.27. The Hall–Kier alpha value is -2.71. The van der Waals surface area contributed by atoms with Gasteiger partial charge in [-0.15, -0.1) is 0 Å². The predicted molar refractivity (Wildman–Crippen MR) is 131 cm³/mol. The maximum Gasteiger partial charge on any atom is 0.243 e. The average molecular weight is 482 g/mol.